The van der Waals surface area contributed by atoms with Crippen LogP contribution in [0.3, 0.4) is 0 Å². The Bertz CT molecular complexity index is 1190. The largest absolute Gasteiger partial charge is 0.397 e. The molecule has 0 saturated carbocycles. The number of aromatic nitrogens is 1. The molecule has 1 aliphatic rings. The van der Waals surface area contributed by atoms with Gasteiger partial charge in [0.15, 0.2) is 0 Å². The SMILES string of the molecule is NC(=O)c1sc2nccc(N3CCN(C(c4ccccc4)c4ccccc4)CC3)c2c1N. The third-order valence-corrected chi connectivity index (χ3v) is 7.21. The lowest BCUT2D eigenvalue weighted by atomic mass is 9.96. The van der Waals surface area contributed by atoms with E-state index < -0.39 is 5.91 Å². The number of primary amides is 1. The van der Waals surface area contributed by atoms with Gasteiger partial charge in [-0.05, 0) is 17.2 Å². The van der Waals surface area contributed by atoms with Crippen LogP contribution in [0.25, 0.3) is 10.2 Å². The van der Waals surface area contributed by atoms with Crippen LogP contribution < -0.4 is 16.4 Å². The number of nitrogens with two attached hydrogens (primary N) is 2. The van der Waals surface area contributed by atoms with Gasteiger partial charge in [0.1, 0.15) is 9.71 Å². The highest BCUT2D eigenvalue weighted by Crippen LogP contribution is 2.39. The minimum Gasteiger partial charge on any atom is -0.397 e. The van der Waals surface area contributed by atoms with E-state index in [1.165, 1.54) is 22.5 Å². The monoisotopic (exact) mass is 443 g/mol. The highest BCUT2D eigenvalue weighted by molar-refractivity contribution is 7.21. The van der Waals surface area contributed by atoms with E-state index >= 15 is 0 Å². The van der Waals surface area contributed by atoms with Crippen LogP contribution in [0.4, 0.5) is 11.4 Å². The van der Waals surface area contributed by atoms with E-state index in [1.54, 1.807) is 6.20 Å². The van der Waals surface area contributed by atoms with E-state index in [0.29, 0.717) is 10.6 Å². The van der Waals surface area contributed by atoms with Gasteiger partial charge in [-0.1, -0.05) is 60.7 Å². The second-order valence-corrected chi connectivity index (χ2v) is 8.97. The van der Waals surface area contributed by atoms with Gasteiger partial charge in [-0.25, -0.2) is 4.98 Å². The first kappa shape index (κ1) is 20.5. The summed E-state index contributed by atoms with van der Waals surface area (Å²) in [6.07, 6.45) is 1.78. The van der Waals surface area contributed by atoms with Crippen molar-refractivity contribution in [3.05, 3.63) is 88.9 Å². The van der Waals surface area contributed by atoms with Crippen LogP contribution in [0.1, 0.15) is 26.8 Å². The average Bonchev–Trinajstić information content (AvgIpc) is 3.18. The van der Waals surface area contributed by atoms with Crippen molar-refractivity contribution in [2.45, 2.75) is 6.04 Å². The van der Waals surface area contributed by atoms with Crippen molar-refractivity contribution in [2.24, 2.45) is 5.73 Å². The fraction of sp³-hybridized carbons (Fsp3) is 0.200. The van der Waals surface area contributed by atoms with Gasteiger partial charge < -0.3 is 16.4 Å². The molecule has 3 heterocycles. The fourth-order valence-corrected chi connectivity index (χ4v) is 5.52. The number of nitrogen functional groups attached to an aromatic ring is 1. The average molecular weight is 444 g/mol. The minimum absolute atomic E-state index is 0.213. The van der Waals surface area contributed by atoms with Crippen molar-refractivity contribution >= 4 is 38.8 Å². The summed E-state index contributed by atoms with van der Waals surface area (Å²) in [5.41, 5.74) is 15.9. The molecule has 6 nitrogen and oxygen atoms in total. The van der Waals surface area contributed by atoms with E-state index in [1.807, 2.05) is 6.07 Å². The zero-order valence-corrected chi connectivity index (χ0v) is 18.5. The smallest absolute Gasteiger partial charge is 0.260 e. The number of anilines is 2. The molecular formula is C25H25N5OS. The van der Waals surface area contributed by atoms with Gasteiger partial charge in [0.05, 0.1) is 22.8 Å². The summed E-state index contributed by atoms with van der Waals surface area (Å²) in [4.78, 5) is 22.2. The number of hydrogen-bond acceptors (Lipinski definition) is 6. The number of fused-ring (bicyclic) bond motifs is 1. The molecule has 0 spiro atoms. The van der Waals surface area contributed by atoms with Crippen molar-refractivity contribution in [3.63, 3.8) is 0 Å². The molecular weight excluding hydrogens is 418 g/mol. The summed E-state index contributed by atoms with van der Waals surface area (Å²) in [6.45, 7) is 3.53. The van der Waals surface area contributed by atoms with E-state index in [-0.39, 0.29) is 6.04 Å². The number of amides is 1. The number of nitrogens with zero attached hydrogens (tertiary/aromatic N) is 3. The van der Waals surface area contributed by atoms with Crippen LogP contribution >= 0.6 is 11.3 Å². The Morgan fingerprint density at radius 1 is 0.906 bits per heavy atom. The summed E-state index contributed by atoms with van der Waals surface area (Å²) in [5, 5.41) is 0.836. The number of carbonyl (C=O) groups is 1. The number of carbonyl (C=O) groups excluding carboxylic acids is 1. The molecule has 0 aliphatic carbocycles. The maximum absolute atomic E-state index is 11.8. The van der Waals surface area contributed by atoms with Gasteiger partial charge in [0, 0.05) is 32.4 Å². The number of benzene rings is 2. The van der Waals surface area contributed by atoms with Crippen LogP contribution in [0, 0.1) is 0 Å². The Hall–Kier alpha value is -3.42. The zero-order chi connectivity index (χ0) is 22.1. The van der Waals surface area contributed by atoms with E-state index in [0.717, 1.165) is 42.1 Å². The Balaban J connectivity index is 1.43. The molecule has 2 aromatic carbocycles. The van der Waals surface area contributed by atoms with Crippen LogP contribution in [0.5, 0.6) is 0 Å². The molecule has 1 amide bonds. The van der Waals surface area contributed by atoms with Gasteiger partial charge in [-0.15, -0.1) is 11.3 Å². The maximum Gasteiger partial charge on any atom is 0.260 e. The Morgan fingerprint density at radius 3 is 2.06 bits per heavy atom. The van der Waals surface area contributed by atoms with Crippen molar-refractivity contribution in [2.75, 3.05) is 36.8 Å². The lowest BCUT2D eigenvalue weighted by Gasteiger charge is -2.41. The van der Waals surface area contributed by atoms with Crippen LogP contribution in [-0.4, -0.2) is 42.0 Å². The predicted molar refractivity (Wildman–Crippen MR) is 131 cm³/mol. The standard InChI is InChI=1S/C25H25N5OS/c26-21-20-19(11-12-28-25(20)32-23(21)24(27)31)29-13-15-30(16-14-29)22(17-7-3-1-4-8-17)18-9-5-2-6-10-18/h1-12,22H,13-16,26H2,(H2,27,31). The molecule has 162 valence electrons. The van der Waals surface area contributed by atoms with Crippen molar-refractivity contribution in [3.8, 4) is 0 Å². The molecule has 5 rings (SSSR count). The normalized spacial score (nSPS) is 14.8. The molecule has 32 heavy (non-hydrogen) atoms. The lowest BCUT2D eigenvalue weighted by molar-refractivity contribution is 0.100. The van der Waals surface area contributed by atoms with Crippen LogP contribution in [-0.2, 0) is 0 Å². The summed E-state index contributed by atoms with van der Waals surface area (Å²) >= 11 is 1.26. The van der Waals surface area contributed by atoms with Gasteiger partial charge in [0.25, 0.3) is 5.91 Å². The van der Waals surface area contributed by atoms with Crippen molar-refractivity contribution in [1.82, 2.24) is 9.88 Å². The molecule has 1 saturated heterocycles. The van der Waals surface area contributed by atoms with E-state index in [9.17, 15) is 4.79 Å². The predicted octanol–water partition coefficient (Wildman–Crippen LogP) is 3.89. The highest BCUT2D eigenvalue weighted by Gasteiger charge is 2.28. The lowest BCUT2D eigenvalue weighted by Crippen LogP contribution is -2.48. The molecule has 0 atom stereocenters. The summed E-state index contributed by atoms with van der Waals surface area (Å²) in [6, 6.07) is 23.5. The summed E-state index contributed by atoms with van der Waals surface area (Å²) < 4.78 is 0. The molecule has 0 unspecified atom stereocenters. The molecule has 7 heteroatoms. The zero-order valence-electron chi connectivity index (χ0n) is 17.6. The molecule has 0 radical (unpaired) electrons. The summed E-state index contributed by atoms with van der Waals surface area (Å²) in [7, 11) is 0. The van der Waals surface area contributed by atoms with Crippen molar-refractivity contribution < 1.29 is 4.79 Å². The quantitative estimate of drug-likeness (QED) is 0.489. The second-order valence-electron chi connectivity index (χ2n) is 7.97. The number of thiophene rings is 1. The molecule has 4 aromatic rings. The Kier molecular flexibility index (Phi) is 5.51. The van der Waals surface area contributed by atoms with E-state index in [2.05, 4.69) is 75.4 Å². The molecule has 0 bridgehead atoms. The number of piperazine rings is 1. The first-order valence-corrected chi connectivity index (χ1v) is 11.5. The second kappa shape index (κ2) is 8.61. The van der Waals surface area contributed by atoms with Crippen molar-refractivity contribution in [1.29, 1.82) is 0 Å². The Labute approximate surface area is 191 Å². The third-order valence-electron chi connectivity index (χ3n) is 6.08. The van der Waals surface area contributed by atoms with Gasteiger partial charge in [0.2, 0.25) is 0 Å². The van der Waals surface area contributed by atoms with E-state index in [4.69, 9.17) is 11.5 Å². The molecule has 4 N–H and O–H groups in total. The van der Waals surface area contributed by atoms with Crippen LogP contribution in [0.2, 0.25) is 0 Å². The molecule has 2 aromatic heterocycles. The maximum atomic E-state index is 11.8. The molecule has 1 aliphatic heterocycles. The number of hydrogen-bond donors (Lipinski definition) is 2. The Morgan fingerprint density at radius 2 is 1.50 bits per heavy atom. The topological polar surface area (TPSA) is 88.5 Å². The van der Waals surface area contributed by atoms with Gasteiger partial charge in [-0.3, -0.25) is 9.69 Å². The molecule has 1 fully saturated rings. The first-order chi connectivity index (χ1) is 15.6. The van der Waals surface area contributed by atoms with Gasteiger partial charge >= 0.3 is 0 Å². The number of rotatable bonds is 5. The first-order valence-electron chi connectivity index (χ1n) is 10.7. The minimum atomic E-state index is -0.505. The third kappa shape index (κ3) is 3.70. The van der Waals surface area contributed by atoms with Gasteiger partial charge in [-0.2, -0.15) is 0 Å². The highest BCUT2D eigenvalue weighted by atomic mass is 32.1. The summed E-state index contributed by atoms with van der Waals surface area (Å²) in [5.74, 6) is -0.505. The van der Waals surface area contributed by atoms with Crippen LogP contribution in [0.15, 0.2) is 72.9 Å². The fourth-order valence-electron chi connectivity index (χ4n) is 4.58. The number of pyridine rings is 1.